The van der Waals surface area contributed by atoms with E-state index in [-0.39, 0.29) is 17.7 Å². The van der Waals surface area contributed by atoms with Gasteiger partial charge >= 0.3 is 0 Å². The third-order valence-corrected chi connectivity index (χ3v) is 1.73. The van der Waals surface area contributed by atoms with Gasteiger partial charge in [0.05, 0.1) is 17.7 Å². The molecule has 0 aliphatic heterocycles. The molecular formula is C10H13NO3. The standard InChI is InChI=1S/C10H13NO3/c1-10(2,14)7-11-5-3-4-8(6-12)9(11)13/h3-6,14H,7H2,1-2H3. The third-order valence-electron chi connectivity index (χ3n) is 1.73. The zero-order valence-corrected chi connectivity index (χ0v) is 8.23. The number of pyridine rings is 1. The van der Waals surface area contributed by atoms with Crippen LogP contribution in [0, 0.1) is 0 Å². The summed E-state index contributed by atoms with van der Waals surface area (Å²) >= 11 is 0. The summed E-state index contributed by atoms with van der Waals surface area (Å²) in [6, 6.07) is 3.06. The van der Waals surface area contributed by atoms with E-state index in [0.29, 0.717) is 6.29 Å². The molecule has 0 spiro atoms. The molecule has 1 rings (SSSR count). The van der Waals surface area contributed by atoms with Crippen molar-refractivity contribution in [3.63, 3.8) is 0 Å². The molecule has 0 atom stereocenters. The number of carbonyl (C=O) groups excluding carboxylic acids is 1. The SMILES string of the molecule is CC(C)(O)Cn1cccc(C=O)c1=O. The first-order valence-electron chi connectivity index (χ1n) is 4.31. The zero-order valence-electron chi connectivity index (χ0n) is 8.23. The van der Waals surface area contributed by atoms with Crippen LogP contribution in [-0.4, -0.2) is 21.6 Å². The van der Waals surface area contributed by atoms with Gasteiger partial charge in [0.25, 0.3) is 5.56 Å². The second-order valence-electron chi connectivity index (χ2n) is 3.83. The summed E-state index contributed by atoms with van der Waals surface area (Å²) in [7, 11) is 0. The molecule has 4 nitrogen and oxygen atoms in total. The number of hydrogen-bond acceptors (Lipinski definition) is 3. The van der Waals surface area contributed by atoms with Gasteiger partial charge < -0.3 is 9.67 Å². The molecule has 14 heavy (non-hydrogen) atoms. The van der Waals surface area contributed by atoms with Gasteiger partial charge in [0.1, 0.15) is 0 Å². The number of aliphatic hydroxyl groups is 1. The van der Waals surface area contributed by atoms with Crippen LogP contribution < -0.4 is 5.56 Å². The molecule has 0 unspecified atom stereocenters. The van der Waals surface area contributed by atoms with Gasteiger partial charge in [-0.25, -0.2) is 0 Å². The number of carbonyl (C=O) groups is 1. The molecule has 76 valence electrons. The largest absolute Gasteiger partial charge is 0.389 e. The van der Waals surface area contributed by atoms with Crippen LogP contribution in [0.4, 0.5) is 0 Å². The van der Waals surface area contributed by atoms with Gasteiger partial charge in [0.15, 0.2) is 6.29 Å². The molecule has 1 aromatic rings. The van der Waals surface area contributed by atoms with Gasteiger partial charge in [0.2, 0.25) is 0 Å². The molecule has 0 aliphatic carbocycles. The van der Waals surface area contributed by atoms with Crippen LogP contribution in [0.5, 0.6) is 0 Å². The molecule has 4 heteroatoms. The smallest absolute Gasteiger partial charge is 0.261 e. The van der Waals surface area contributed by atoms with Crippen LogP contribution in [0.1, 0.15) is 24.2 Å². The van der Waals surface area contributed by atoms with Crippen molar-refractivity contribution >= 4 is 6.29 Å². The summed E-state index contributed by atoms with van der Waals surface area (Å²) in [5, 5.41) is 9.51. The van der Waals surface area contributed by atoms with E-state index in [1.807, 2.05) is 0 Å². The Morgan fingerprint density at radius 1 is 1.57 bits per heavy atom. The number of rotatable bonds is 3. The minimum absolute atomic E-state index is 0.108. The molecular weight excluding hydrogens is 182 g/mol. The van der Waals surface area contributed by atoms with E-state index >= 15 is 0 Å². The highest BCUT2D eigenvalue weighted by molar-refractivity contribution is 5.73. The fourth-order valence-electron chi connectivity index (χ4n) is 1.19. The molecule has 0 bridgehead atoms. The number of aldehydes is 1. The highest BCUT2D eigenvalue weighted by Gasteiger charge is 2.14. The fourth-order valence-corrected chi connectivity index (χ4v) is 1.19. The van der Waals surface area contributed by atoms with Crippen molar-refractivity contribution in [2.24, 2.45) is 0 Å². The first-order chi connectivity index (χ1) is 6.44. The molecule has 0 saturated carbocycles. The summed E-state index contributed by atoms with van der Waals surface area (Å²) in [6.45, 7) is 3.38. The third kappa shape index (κ3) is 2.53. The molecule has 1 heterocycles. The number of aromatic nitrogens is 1. The Hall–Kier alpha value is -1.42. The predicted octanol–water partition coefficient (Wildman–Crippen LogP) is 0.432. The highest BCUT2D eigenvalue weighted by Crippen LogP contribution is 2.03. The summed E-state index contributed by atoms with van der Waals surface area (Å²) in [5.41, 5.74) is -1.23. The number of nitrogens with zero attached hydrogens (tertiary/aromatic N) is 1. The average Bonchev–Trinajstić information content (AvgIpc) is 2.06. The van der Waals surface area contributed by atoms with Crippen molar-refractivity contribution in [1.29, 1.82) is 0 Å². The van der Waals surface area contributed by atoms with Crippen LogP contribution >= 0.6 is 0 Å². The maximum atomic E-state index is 11.5. The van der Waals surface area contributed by atoms with Crippen molar-refractivity contribution in [2.45, 2.75) is 26.0 Å². The highest BCUT2D eigenvalue weighted by atomic mass is 16.3. The van der Waals surface area contributed by atoms with E-state index in [2.05, 4.69) is 0 Å². The topological polar surface area (TPSA) is 59.3 Å². The van der Waals surface area contributed by atoms with Gasteiger partial charge in [-0.1, -0.05) is 0 Å². The normalized spacial score (nSPS) is 11.4. The van der Waals surface area contributed by atoms with Crippen molar-refractivity contribution in [1.82, 2.24) is 4.57 Å². The minimum atomic E-state index is -0.967. The van der Waals surface area contributed by atoms with Crippen LogP contribution in [-0.2, 0) is 6.54 Å². The van der Waals surface area contributed by atoms with E-state index in [1.165, 1.54) is 10.6 Å². The fraction of sp³-hybridized carbons (Fsp3) is 0.400. The Labute approximate surface area is 81.8 Å². The maximum absolute atomic E-state index is 11.5. The first kappa shape index (κ1) is 10.7. The second-order valence-corrected chi connectivity index (χ2v) is 3.83. The molecule has 1 N–H and O–H groups in total. The van der Waals surface area contributed by atoms with Crippen molar-refractivity contribution in [3.05, 3.63) is 34.2 Å². The van der Waals surface area contributed by atoms with Crippen molar-refractivity contribution in [3.8, 4) is 0 Å². The van der Waals surface area contributed by atoms with E-state index in [9.17, 15) is 14.7 Å². The summed E-state index contributed by atoms with van der Waals surface area (Å²) in [4.78, 5) is 22.0. The van der Waals surface area contributed by atoms with Gasteiger partial charge in [-0.3, -0.25) is 9.59 Å². The van der Waals surface area contributed by atoms with E-state index in [1.54, 1.807) is 26.1 Å². The number of hydrogen-bond donors (Lipinski definition) is 1. The molecule has 0 aromatic carbocycles. The predicted molar refractivity (Wildman–Crippen MR) is 52.4 cm³/mol. The lowest BCUT2D eigenvalue weighted by atomic mass is 10.1. The Balaban J connectivity index is 3.11. The molecule has 0 saturated heterocycles. The van der Waals surface area contributed by atoms with E-state index < -0.39 is 5.60 Å². The van der Waals surface area contributed by atoms with Gasteiger partial charge in [-0.05, 0) is 26.0 Å². The first-order valence-corrected chi connectivity index (χ1v) is 4.31. The van der Waals surface area contributed by atoms with E-state index in [4.69, 9.17) is 0 Å². The lowest BCUT2D eigenvalue weighted by molar-refractivity contribution is 0.0603. The Morgan fingerprint density at radius 3 is 2.71 bits per heavy atom. The summed E-state index contributed by atoms with van der Waals surface area (Å²) in [6.07, 6.45) is 2.07. The van der Waals surface area contributed by atoms with Crippen LogP contribution in [0.2, 0.25) is 0 Å². The molecule has 0 radical (unpaired) electrons. The average molecular weight is 195 g/mol. The summed E-state index contributed by atoms with van der Waals surface area (Å²) in [5.74, 6) is 0. The monoisotopic (exact) mass is 195 g/mol. The van der Waals surface area contributed by atoms with Gasteiger partial charge in [0, 0.05) is 6.20 Å². The van der Waals surface area contributed by atoms with E-state index in [0.717, 1.165) is 0 Å². The Morgan fingerprint density at radius 2 is 2.21 bits per heavy atom. The van der Waals surface area contributed by atoms with Crippen LogP contribution in [0.3, 0.4) is 0 Å². The van der Waals surface area contributed by atoms with Gasteiger partial charge in [-0.15, -0.1) is 0 Å². The van der Waals surface area contributed by atoms with Crippen LogP contribution in [0.15, 0.2) is 23.1 Å². The van der Waals surface area contributed by atoms with Crippen molar-refractivity contribution in [2.75, 3.05) is 0 Å². The maximum Gasteiger partial charge on any atom is 0.261 e. The quantitative estimate of drug-likeness (QED) is 0.711. The Bertz CT molecular complexity index is 387. The molecule has 1 aromatic heterocycles. The van der Waals surface area contributed by atoms with Gasteiger partial charge in [-0.2, -0.15) is 0 Å². The second kappa shape index (κ2) is 3.75. The lowest BCUT2D eigenvalue weighted by Crippen LogP contribution is -2.33. The minimum Gasteiger partial charge on any atom is -0.389 e. The van der Waals surface area contributed by atoms with Crippen LogP contribution in [0.25, 0.3) is 0 Å². The Kier molecular flexibility index (Phi) is 2.86. The van der Waals surface area contributed by atoms with Crippen molar-refractivity contribution < 1.29 is 9.90 Å². The molecule has 0 amide bonds. The lowest BCUT2D eigenvalue weighted by Gasteiger charge is -2.18. The molecule has 0 fully saturated rings. The summed E-state index contributed by atoms with van der Waals surface area (Å²) < 4.78 is 1.32. The zero-order chi connectivity index (χ0) is 10.8. The molecule has 0 aliphatic rings.